The minimum absolute atomic E-state index is 0.0132. The number of likely N-dealkylation sites (N-methyl/N-ethyl adjacent to an activating group) is 1. The molecule has 1 aromatic rings. The number of piperidine rings is 1. The predicted octanol–water partition coefficient (Wildman–Crippen LogP) is 2.37. The standard InChI is InChI=1S/C22H34N2O3/c1-17(2)19-7-5-18(6-8-19)13-24-12-4-9-22(27,20(24)26)15-23(3)14-21(16-25)10-11-21/h5-8,17,25,27H,4,9-16H2,1-3H3. The molecule has 2 fully saturated rings. The van der Waals surface area contributed by atoms with Gasteiger partial charge >= 0.3 is 0 Å². The maximum atomic E-state index is 13.0. The van der Waals surface area contributed by atoms with Crippen LogP contribution in [0.15, 0.2) is 24.3 Å². The normalized spacial score (nSPS) is 24.7. The van der Waals surface area contributed by atoms with E-state index in [0.717, 1.165) is 31.4 Å². The van der Waals surface area contributed by atoms with Crippen LogP contribution in [0.25, 0.3) is 0 Å². The summed E-state index contributed by atoms with van der Waals surface area (Å²) in [6.07, 6.45) is 3.37. The van der Waals surface area contributed by atoms with E-state index in [4.69, 9.17) is 0 Å². The van der Waals surface area contributed by atoms with E-state index in [1.165, 1.54) is 5.56 Å². The molecule has 0 spiro atoms. The van der Waals surface area contributed by atoms with E-state index in [-0.39, 0.29) is 17.9 Å². The summed E-state index contributed by atoms with van der Waals surface area (Å²) in [6.45, 7) is 6.82. The molecule has 27 heavy (non-hydrogen) atoms. The third-order valence-corrected chi connectivity index (χ3v) is 6.15. The number of aliphatic hydroxyl groups is 2. The van der Waals surface area contributed by atoms with E-state index >= 15 is 0 Å². The van der Waals surface area contributed by atoms with Crippen molar-refractivity contribution in [1.29, 1.82) is 0 Å². The van der Waals surface area contributed by atoms with Gasteiger partial charge in [-0.2, -0.15) is 0 Å². The average molecular weight is 375 g/mol. The first-order chi connectivity index (χ1) is 12.8. The van der Waals surface area contributed by atoms with E-state index in [2.05, 4.69) is 38.1 Å². The van der Waals surface area contributed by atoms with E-state index in [1.807, 2.05) is 11.9 Å². The number of nitrogens with zero attached hydrogens (tertiary/aromatic N) is 2. The van der Waals surface area contributed by atoms with Crippen molar-refractivity contribution in [1.82, 2.24) is 9.80 Å². The summed E-state index contributed by atoms with van der Waals surface area (Å²) in [5.74, 6) is 0.326. The van der Waals surface area contributed by atoms with Gasteiger partial charge in [-0.15, -0.1) is 0 Å². The van der Waals surface area contributed by atoms with Crippen molar-refractivity contribution >= 4 is 5.91 Å². The first-order valence-electron chi connectivity index (χ1n) is 10.2. The quantitative estimate of drug-likeness (QED) is 0.733. The number of rotatable bonds is 8. The Bertz CT molecular complexity index is 654. The van der Waals surface area contributed by atoms with E-state index < -0.39 is 5.60 Å². The zero-order valence-electron chi connectivity index (χ0n) is 16.9. The van der Waals surface area contributed by atoms with Crippen LogP contribution >= 0.6 is 0 Å². The summed E-state index contributed by atoms with van der Waals surface area (Å²) in [5, 5.41) is 20.6. The molecule has 1 aliphatic heterocycles. The topological polar surface area (TPSA) is 64.0 Å². The van der Waals surface area contributed by atoms with Crippen molar-refractivity contribution in [2.24, 2.45) is 5.41 Å². The summed E-state index contributed by atoms with van der Waals surface area (Å²) in [4.78, 5) is 16.8. The van der Waals surface area contributed by atoms with Crippen molar-refractivity contribution in [2.75, 3.05) is 33.3 Å². The summed E-state index contributed by atoms with van der Waals surface area (Å²) < 4.78 is 0. The van der Waals surface area contributed by atoms with Crippen LogP contribution in [0.2, 0.25) is 0 Å². The fraction of sp³-hybridized carbons (Fsp3) is 0.682. The Balaban J connectivity index is 1.62. The first kappa shape index (κ1) is 20.3. The number of carbonyl (C=O) groups excluding carboxylic acids is 1. The first-order valence-corrected chi connectivity index (χ1v) is 10.2. The van der Waals surface area contributed by atoms with E-state index in [0.29, 0.717) is 32.0 Å². The highest BCUT2D eigenvalue weighted by Crippen LogP contribution is 2.45. The van der Waals surface area contributed by atoms with Gasteiger partial charge in [0, 0.05) is 38.2 Å². The molecule has 3 rings (SSSR count). The molecule has 1 heterocycles. The summed E-state index contributed by atoms with van der Waals surface area (Å²) in [5.41, 5.74) is 1.05. The number of hydrogen-bond donors (Lipinski definition) is 2. The third-order valence-electron chi connectivity index (χ3n) is 6.15. The highest BCUT2D eigenvalue weighted by molar-refractivity contribution is 5.86. The number of likely N-dealkylation sites (tertiary alicyclic amines) is 1. The van der Waals surface area contributed by atoms with E-state index in [9.17, 15) is 15.0 Å². The Hall–Kier alpha value is -1.43. The molecular weight excluding hydrogens is 340 g/mol. The lowest BCUT2D eigenvalue weighted by Gasteiger charge is -2.40. The van der Waals surface area contributed by atoms with Gasteiger partial charge in [-0.05, 0) is 49.8 Å². The van der Waals surface area contributed by atoms with Crippen molar-refractivity contribution in [3.8, 4) is 0 Å². The average Bonchev–Trinajstić information content (AvgIpc) is 3.39. The largest absolute Gasteiger partial charge is 0.396 e. The van der Waals surface area contributed by atoms with Gasteiger partial charge in [-0.25, -0.2) is 0 Å². The van der Waals surface area contributed by atoms with Crippen LogP contribution in [0.5, 0.6) is 0 Å². The lowest BCUT2D eigenvalue weighted by atomic mass is 9.90. The van der Waals surface area contributed by atoms with Gasteiger partial charge in [-0.1, -0.05) is 38.1 Å². The lowest BCUT2D eigenvalue weighted by Crippen LogP contribution is -2.58. The molecule has 1 aliphatic carbocycles. The van der Waals surface area contributed by atoms with Gasteiger partial charge in [0.05, 0.1) is 0 Å². The zero-order chi connectivity index (χ0) is 19.7. The smallest absolute Gasteiger partial charge is 0.256 e. The third kappa shape index (κ3) is 4.71. The second-order valence-corrected chi connectivity index (χ2v) is 9.09. The molecule has 5 nitrogen and oxygen atoms in total. The Morgan fingerprint density at radius 2 is 1.81 bits per heavy atom. The number of aliphatic hydroxyl groups excluding tert-OH is 1. The summed E-state index contributed by atoms with van der Waals surface area (Å²) in [7, 11) is 1.94. The Kier molecular flexibility index (Phi) is 5.94. The van der Waals surface area contributed by atoms with Crippen molar-refractivity contribution in [2.45, 2.75) is 57.6 Å². The van der Waals surface area contributed by atoms with Crippen LogP contribution in [0, 0.1) is 5.41 Å². The predicted molar refractivity (Wildman–Crippen MR) is 106 cm³/mol. The van der Waals surface area contributed by atoms with Crippen LogP contribution in [-0.2, 0) is 11.3 Å². The van der Waals surface area contributed by atoms with Crippen LogP contribution in [0.4, 0.5) is 0 Å². The number of hydrogen-bond acceptors (Lipinski definition) is 4. The van der Waals surface area contributed by atoms with Gasteiger partial charge in [-0.3, -0.25) is 4.79 Å². The minimum Gasteiger partial charge on any atom is -0.396 e. The highest BCUT2D eigenvalue weighted by Gasteiger charge is 2.46. The molecule has 0 aromatic heterocycles. The molecule has 1 atom stereocenters. The molecule has 2 N–H and O–H groups in total. The van der Waals surface area contributed by atoms with Crippen LogP contribution in [-0.4, -0.2) is 64.8 Å². The highest BCUT2D eigenvalue weighted by atomic mass is 16.3. The van der Waals surface area contributed by atoms with Gasteiger partial charge in [0.15, 0.2) is 5.60 Å². The summed E-state index contributed by atoms with van der Waals surface area (Å²) in [6, 6.07) is 8.41. The van der Waals surface area contributed by atoms with Gasteiger partial charge < -0.3 is 20.0 Å². The fourth-order valence-corrected chi connectivity index (χ4v) is 4.21. The molecule has 1 amide bonds. The monoisotopic (exact) mass is 374 g/mol. The Labute approximate surface area is 163 Å². The molecule has 0 bridgehead atoms. The second kappa shape index (κ2) is 7.90. The van der Waals surface area contributed by atoms with Gasteiger partial charge in [0.25, 0.3) is 5.91 Å². The molecule has 2 aliphatic rings. The molecule has 150 valence electrons. The maximum absolute atomic E-state index is 13.0. The number of benzene rings is 1. The minimum atomic E-state index is -1.32. The Morgan fingerprint density at radius 1 is 1.15 bits per heavy atom. The van der Waals surface area contributed by atoms with Gasteiger partial charge in [0.2, 0.25) is 0 Å². The van der Waals surface area contributed by atoms with Gasteiger partial charge in [0.1, 0.15) is 0 Å². The van der Waals surface area contributed by atoms with Crippen LogP contribution < -0.4 is 0 Å². The van der Waals surface area contributed by atoms with Crippen LogP contribution in [0.3, 0.4) is 0 Å². The zero-order valence-corrected chi connectivity index (χ0v) is 16.9. The summed E-state index contributed by atoms with van der Waals surface area (Å²) >= 11 is 0. The molecule has 1 aromatic carbocycles. The van der Waals surface area contributed by atoms with Crippen molar-refractivity contribution in [3.63, 3.8) is 0 Å². The molecular formula is C22H34N2O3. The lowest BCUT2D eigenvalue weighted by molar-refractivity contribution is -0.160. The van der Waals surface area contributed by atoms with Crippen LogP contribution in [0.1, 0.15) is 56.6 Å². The molecule has 1 saturated heterocycles. The second-order valence-electron chi connectivity index (χ2n) is 9.09. The SMILES string of the molecule is CC(C)c1ccc(CN2CCCC(O)(CN(C)CC3(CO)CC3)C2=O)cc1. The maximum Gasteiger partial charge on any atom is 0.256 e. The van der Waals surface area contributed by atoms with Crippen molar-refractivity contribution in [3.05, 3.63) is 35.4 Å². The fourth-order valence-electron chi connectivity index (χ4n) is 4.21. The number of amides is 1. The molecule has 5 heteroatoms. The van der Waals surface area contributed by atoms with Crippen molar-refractivity contribution < 1.29 is 15.0 Å². The Morgan fingerprint density at radius 3 is 2.37 bits per heavy atom. The number of carbonyl (C=O) groups is 1. The molecule has 0 radical (unpaired) electrons. The molecule has 1 saturated carbocycles. The van der Waals surface area contributed by atoms with E-state index in [1.54, 1.807) is 4.90 Å². The molecule has 1 unspecified atom stereocenters.